The van der Waals surface area contributed by atoms with Gasteiger partial charge in [-0.15, -0.1) is 22.7 Å². The zero-order chi connectivity index (χ0) is 16.2. The molecule has 0 unspecified atom stereocenters. The minimum atomic E-state index is -0.132. The van der Waals surface area contributed by atoms with Gasteiger partial charge in [0.1, 0.15) is 16.1 Å². The summed E-state index contributed by atoms with van der Waals surface area (Å²) in [6.07, 6.45) is 0. The van der Waals surface area contributed by atoms with Crippen LogP contribution in [0.5, 0.6) is 0 Å². The number of hydrogen-bond acceptors (Lipinski definition) is 6. The molecule has 0 aliphatic heterocycles. The van der Waals surface area contributed by atoms with E-state index in [0.717, 1.165) is 15.2 Å². The summed E-state index contributed by atoms with van der Waals surface area (Å²) in [5.74, 6) is -0.132. The van der Waals surface area contributed by atoms with Crippen molar-refractivity contribution < 1.29 is 4.79 Å². The molecular weight excluding hydrogens is 328 g/mol. The first kappa shape index (κ1) is 15.6. The lowest BCUT2D eigenvalue weighted by Crippen LogP contribution is -2.29. The van der Waals surface area contributed by atoms with Crippen molar-refractivity contribution in [3.8, 4) is 6.07 Å². The van der Waals surface area contributed by atoms with Crippen LogP contribution < -0.4 is 5.32 Å². The monoisotopic (exact) mass is 342 g/mol. The highest BCUT2D eigenvalue weighted by atomic mass is 32.1. The van der Waals surface area contributed by atoms with E-state index in [4.69, 9.17) is 5.26 Å². The van der Waals surface area contributed by atoms with Crippen LogP contribution in [0, 0.1) is 11.3 Å². The van der Waals surface area contributed by atoms with E-state index in [0.29, 0.717) is 17.1 Å². The predicted molar refractivity (Wildman–Crippen MR) is 93.6 cm³/mol. The van der Waals surface area contributed by atoms with Gasteiger partial charge in [-0.1, -0.05) is 12.1 Å². The molecule has 2 aromatic heterocycles. The van der Waals surface area contributed by atoms with E-state index >= 15 is 0 Å². The Labute approximate surface area is 141 Å². The molecule has 1 amide bonds. The van der Waals surface area contributed by atoms with Crippen molar-refractivity contribution in [2.45, 2.75) is 6.54 Å². The predicted octanol–water partition coefficient (Wildman–Crippen LogP) is 3.30. The Balaban J connectivity index is 1.59. The summed E-state index contributed by atoms with van der Waals surface area (Å²) in [5, 5.41) is 15.1. The molecule has 0 bridgehead atoms. The lowest BCUT2D eigenvalue weighted by Gasteiger charge is -2.14. The number of thiazole rings is 1. The van der Waals surface area contributed by atoms with Gasteiger partial charge >= 0.3 is 0 Å². The van der Waals surface area contributed by atoms with Gasteiger partial charge in [0, 0.05) is 0 Å². The number of likely N-dealkylation sites (N-methyl/N-ethyl adjacent to an activating group) is 1. The first-order chi connectivity index (χ1) is 11.2. The Morgan fingerprint density at radius 1 is 1.39 bits per heavy atom. The van der Waals surface area contributed by atoms with Gasteiger partial charge in [-0.05, 0) is 30.6 Å². The molecule has 3 aromatic rings. The third kappa shape index (κ3) is 3.74. The highest BCUT2D eigenvalue weighted by molar-refractivity contribution is 7.18. The fourth-order valence-corrected chi connectivity index (χ4v) is 3.98. The number of carbonyl (C=O) groups is 1. The molecule has 116 valence electrons. The number of hydrogen-bond donors (Lipinski definition) is 1. The van der Waals surface area contributed by atoms with Gasteiger partial charge in [-0.3, -0.25) is 9.69 Å². The van der Waals surface area contributed by atoms with E-state index in [2.05, 4.69) is 16.4 Å². The zero-order valence-electron chi connectivity index (χ0n) is 12.4. The average molecular weight is 342 g/mol. The van der Waals surface area contributed by atoms with Crippen molar-refractivity contribution in [2.24, 2.45) is 0 Å². The molecule has 5 nitrogen and oxygen atoms in total. The highest BCUT2D eigenvalue weighted by Crippen LogP contribution is 2.23. The number of para-hydroxylation sites is 1. The number of aromatic nitrogens is 1. The first-order valence-electron chi connectivity index (χ1n) is 6.96. The van der Waals surface area contributed by atoms with Gasteiger partial charge in [0.15, 0.2) is 0 Å². The third-order valence-corrected chi connectivity index (χ3v) is 5.05. The van der Waals surface area contributed by atoms with E-state index in [1.165, 1.54) is 11.3 Å². The Hall–Kier alpha value is -2.27. The van der Waals surface area contributed by atoms with Crippen LogP contribution in [0.1, 0.15) is 10.6 Å². The number of nitriles is 1. The van der Waals surface area contributed by atoms with Crippen molar-refractivity contribution in [2.75, 3.05) is 18.9 Å². The summed E-state index contributed by atoms with van der Waals surface area (Å²) < 4.78 is 1.15. The third-order valence-electron chi connectivity index (χ3n) is 3.20. The molecule has 3 rings (SSSR count). The fourth-order valence-electron chi connectivity index (χ4n) is 2.18. The van der Waals surface area contributed by atoms with Crippen molar-refractivity contribution in [3.63, 3.8) is 0 Å². The summed E-state index contributed by atoms with van der Waals surface area (Å²) in [6, 6.07) is 11.8. The summed E-state index contributed by atoms with van der Waals surface area (Å²) in [4.78, 5) is 18.6. The first-order valence-corrected chi connectivity index (χ1v) is 8.66. The molecular formula is C16H14N4OS2. The molecule has 1 aromatic carbocycles. The number of carbonyl (C=O) groups excluding carboxylic acids is 1. The Kier molecular flexibility index (Phi) is 4.67. The van der Waals surface area contributed by atoms with Crippen LogP contribution in [0.3, 0.4) is 0 Å². The maximum atomic E-state index is 12.1. The molecule has 0 fully saturated rings. The minimum Gasteiger partial charge on any atom is -0.315 e. The maximum Gasteiger partial charge on any atom is 0.239 e. The molecule has 1 N–H and O–H groups in total. The summed E-state index contributed by atoms with van der Waals surface area (Å²) in [6.45, 7) is 0.862. The van der Waals surface area contributed by atoms with Crippen molar-refractivity contribution in [1.29, 1.82) is 5.26 Å². The minimum absolute atomic E-state index is 0.132. The molecule has 0 atom stereocenters. The van der Waals surface area contributed by atoms with Crippen molar-refractivity contribution in [3.05, 3.63) is 46.3 Å². The van der Waals surface area contributed by atoms with E-state index < -0.39 is 0 Å². The summed E-state index contributed by atoms with van der Waals surface area (Å²) in [5.41, 5.74) is 1.49. The number of thiophene rings is 1. The van der Waals surface area contributed by atoms with Gasteiger partial charge in [0.25, 0.3) is 0 Å². The van der Waals surface area contributed by atoms with Gasteiger partial charge < -0.3 is 5.32 Å². The van der Waals surface area contributed by atoms with Gasteiger partial charge in [-0.2, -0.15) is 5.26 Å². The molecule has 0 aliphatic rings. The largest absolute Gasteiger partial charge is 0.315 e. The highest BCUT2D eigenvalue weighted by Gasteiger charge is 2.12. The van der Waals surface area contributed by atoms with Crippen LogP contribution in [-0.2, 0) is 11.3 Å². The molecule has 0 saturated heterocycles. The van der Waals surface area contributed by atoms with E-state index in [-0.39, 0.29) is 12.5 Å². The number of benzene rings is 1. The molecule has 0 saturated carbocycles. The molecule has 0 spiro atoms. The second-order valence-electron chi connectivity index (χ2n) is 5.07. The van der Waals surface area contributed by atoms with E-state index in [1.807, 2.05) is 36.2 Å². The Morgan fingerprint density at radius 2 is 2.22 bits per heavy atom. The smallest absolute Gasteiger partial charge is 0.239 e. The summed E-state index contributed by atoms with van der Waals surface area (Å²) >= 11 is 2.99. The molecule has 23 heavy (non-hydrogen) atoms. The van der Waals surface area contributed by atoms with Crippen molar-refractivity contribution in [1.82, 2.24) is 9.88 Å². The number of amides is 1. The van der Waals surface area contributed by atoms with Crippen LogP contribution in [0.2, 0.25) is 0 Å². The Morgan fingerprint density at radius 3 is 3.00 bits per heavy atom. The van der Waals surface area contributed by atoms with E-state index in [9.17, 15) is 4.79 Å². The molecule has 0 aliphatic carbocycles. The second-order valence-corrected chi connectivity index (χ2v) is 7.10. The van der Waals surface area contributed by atoms with E-state index in [1.54, 1.807) is 22.8 Å². The fraction of sp³-hybridized carbons (Fsp3) is 0.188. The van der Waals surface area contributed by atoms with Crippen LogP contribution >= 0.6 is 22.7 Å². The average Bonchev–Trinajstić information content (AvgIpc) is 3.12. The lowest BCUT2D eigenvalue weighted by atomic mass is 10.3. The molecule has 2 heterocycles. The van der Waals surface area contributed by atoms with Crippen molar-refractivity contribution >= 4 is 43.8 Å². The van der Waals surface area contributed by atoms with Gasteiger partial charge in [-0.25, -0.2) is 4.98 Å². The van der Waals surface area contributed by atoms with Crippen LogP contribution in [0.4, 0.5) is 5.00 Å². The van der Waals surface area contributed by atoms with Crippen LogP contribution in [0.15, 0.2) is 35.7 Å². The van der Waals surface area contributed by atoms with Crippen LogP contribution in [-0.4, -0.2) is 29.4 Å². The lowest BCUT2D eigenvalue weighted by molar-refractivity contribution is -0.117. The number of anilines is 1. The Bertz CT molecular complexity index is 844. The zero-order valence-corrected chi connectivity index (χ0v) is 14.1. The quantitative estimate of drug-likeness (QED) is 0.772. The maximum absolute atomic E-state index is 12.1. The number of rotatable bonds is 5. The molecule has 0 radical (unpaired) electrons. The SMILES string of the molecule is CN(CC(=O)Nc1sccc1C#N)Cc1nc2ccccc2s1. The molecule has 7 heteroatoms. The standard InChI is InChI=1S/C16H14N4OS2/c1-20(9-14(21)19-16-11(8-17)6-7-22-16)10-15-18-12-4-2-3-5-13(12)23-15/h2-7H,9-10H2,1H3,(H,19,21). The normalized spacial score (nSPS) is 10.8. The number of nitrogens with one attached hydrogen (secondary N) is 1. The van der Waals surface area contributed by atoms with Gasteiger partial charge in [0.05, 0.1) is 28.9 Å². The second kappa shape index (κ2) is 6.87. The topological polar surface area (TPSA) is 69.0 Å². The van der Waals surface area contributed by atoms with Gasteiger partial charge in [0.2, 0.25) is 5.91 Å². The summed E-state index contributed by atoms with van der Waals surface area (Å²) in [7, 11) is 1.88. The number of nitrogens with zero attached hydrogens (tertiary/aromatic N) is 3. The van der Waals surface area contributed by atoms with Crippen LogP contribution in [0.25, 0.3) is 10.2 Å². The number of fused-ring (bicyclic) bond motifs is 1.